The van der Waals surface area contributed by atoms with Gasteiger partial charge in [-0.05, 0) is 31.7 Å². The van der Waals surface area contributed by atoms with Gasteiger partial charge < -0.3 is 4.90 Å². The minimum Gasteiger partial charge on any atom is -0.334 e. The standard InChI is InChI=1S/C16H21N3O/c1-3-12-9-8-11(2)19(10-12)16(20)15-13-6-4-5-7-14(13)17-18-15/h4-7,11-12H,3,8-10H2,1-2H3,(H,17,18)/t11-,12+/m0/s1. The van der Waals surface area contributed by atoms with Crippen LogP contribution in [0.3, 0.4) is 0 Å². The van der Waals surface area contributed by atoms with Crippen molar-refractivity contribution < 1.29 is 4.79 Å². The molecule has 4 nitrogen and oxygen atoms in total. The average Bonchev–Trinajstić information content (AvgIpc) is 2.91. The Morgan fingerprint density at radius 2 is 2.20 bits per heavy atom. The molecule has 1 fully saturated rings. The molecular weight excluding hydrogens is 250 g/mol. The summed E-state index contributed by atoms with van der Waals surface area (Å²) in [6.45, 7) is 5.20. The number of H-pyrrole nitrogens is 1. The molecule has 1 saturated heterocycles. The maximum absolute atomic E-state index is 12.8. The number of carbonyl (C=O) groups excluding carboxylic acids is 1. The first kappa shape index (κ1) is 13.2. The molecule has 1 N–H and O–H groups in total. The number of fused-ring (bicyclic) bond motifs is 1. The number of para-hydroxylation sites is 1. The van der Waals surface area contributed by atoms with Gasteiger partial charge >= 0.3 is 0 Å². The minimum absolute atomic E-state index is 0.0631. The molecule has 20 heavy (non-hydrogen) atoms. The largest absolute Gasteiger partial charge is 0.334 e. The zero-order valence-electron chi connectivity index (χ0n) is 12.1. The second-order valence-electron chi connectivity index (χ2n) is 5.78. The van der Waals surface area contributed by atoms with Crippen LogP contribution < -0.4 is 0 Å². The first-order valence-corrected chi connectivity index (χ1v) is 7.44. The number of piperidine rings is 1. The topological polar surface area (TPSA) is 49.0 Å². The molecule has 0 saturated carbocycles. The monoisotopic (exact) mass is 271 g/mol. The van der Waals surface area contributed by atoms with Gasteiger partial charge in [-0.2, -0.15) is 5.10 Å². The van der Waals surface area contributed by atoms with Crippen molar-refractivity contribution in [3.05, 3.63) is 30.0 Å². The van der Waals surface area contributed by atoms with E-state index in [0.29, 0.717) is 17.7 Å². The minimum atomic E-state index is 0.0631. The third-order valence-corrected chi connectivity index (χ3v) is 4.49. The number of aromatic nitrogens is 2. The highest BCUT2D eigenvalue weighted by Crippen LogP contribution is 2.26. The van der Waals surface area contributed by atoms with Gasteiger partial charge in [-0.15, -0.1) is 0 Å². The molecule has 0 aliphatic carbocycles. The van der Waals surface area contributed by atoms with E-state index in [2.05, 4.69) is 24.0 Å². The van der Waals surface area contributed by atoms with Crippen LogP contribution in [0.4, 0.5) is 0 Å². The Bertz CT molecular complexity index is 619. The lowest BCUT2D eigenvalue weighted by Gasteiger charge is -2.37. The Balaban J connectivity index is 1.91. The maximum Gasteiger partial charge on any atom is 0.275 e. The number of nitrogens with one attached hydrogen (secondary N) is 1. The van der Waals surface area contributed by atoms with Gasteiger partial charge in [0.2, 0.25) is 0 Å². The number of benzene rings is 1. The van der Waals surface area contributed by atoms with Gasteiger partial charge in [-0.25, -0.2) is 0 Å². The van der Waals surface area contributed by atoms with Gasteiger partial charge in [-0.3, -0.25) is 9.89 Å². The number of hydrogen-bond acceptors (Lipinski definition) is 2. The smallest absolute Gasteiger partial charge is 0.275 e. The third kappa shape index (κ3) is 2.19. The van der Waals surface area contributed by atoms with Crippen LogP contribution in [-0.4, -0.2) is 33.6 Å². The fraction of sp³-hybridized carbons (Fsp3) is 0.500. The van der Waals surface area contributed by atoms with Crippen molar-refractivity contribution >= 4 is 16.8 Å². The Morgan fingerprint density at radius 3 is 3.00 bits per heavy atom. The Morgan fingerprint density at radius 1 is 1.40 bits per heavy atom. The molecule has 0 unspecified atom stereocenters. The number of aromatic amines is 1. The van der Waals surface area contributed by atoms with Crippen LogP contribution in [0, 0.1) is 5.92 Å². The van der Waals surface area contributed by atoms with Gasteiger partial charge in [0.05, 0.1) is 5.52 Å². The van der Waals surface area contributed by atoms with Crippen LogP contribution in [0.1, 0.15) is 43.6 Å². The lowest BCUT2D eigenvalue weighted by molar-refractivity contribution is 0.0552. The van der Waals surface area contributed by atoms with Gasteiger partial charge in [0.15, 0.2) is 5.69 Å². The first-order chi connectivity index (χ1) is 9.70. The molecule has 106 valence electrons. The van der Waals surface area contributed by atoms with E-state index in [1.165, 1.54) is 6.42 Å². The summed E-state index contributed by atoms with van der Waals surface area (Å²) in [7, 11) is 0. The molecule has 1 aromatic carbocycles. The molecule has 0 spiro atoms. The molecule has 1 aromatic heterocycles. The fourth-order valence-corrected chi connectivity index (χ4v) is 3.06. The molecule has 0 bridgehead atoms. The Labute approximate surface area is 119 Å². The molecule has 1 aliphatic heterocycles. The van der Waals surface area contributed by atoms with Crippen LogP contribution in [-0.2, 0) is 0 Å². The fourth-order valence-electron chi connectivity index (χ4n) is 3.06. The molecule has 3 rings (SSSR count). The third-order valence-electron chi connectivity index (χ3n) is 4.49. The Kier molecular flexibility index (Phi) is 3.47. The van der Waals surface area contributed by atoms with E-state index in [1.807, 2.05) is 29.2 Å². The lowest BCUT2D eigenvalue weighted by Crippen LogP contribution is -2.45. The summed E-state index contributed by atoms with van der Waals surface area (Å²) >= 11 is 0. The van der Waals surface area contributed by atoms with E-state index in [4.69, 9.17) is 0 Å². The van der Waals surface area contributed by atoms with Gasteiger partial charge in [0, 0.05) is 18.0 Å². The number of rotatable bonds is 2. The number of hydrogen-bond donors (Lipinski definition) is 1. The zero-order chi connectivity index (χ0) is 14.1. The first-order valence-electron chi connectivity index (χ1n) is 7.44. The van der Waals surface area contributed by atoms with Crippen LogP contribution in [0.25, 0.3) is 10.9 Å². The van der Waals surface area contributed by atoms with Crippen molar-refractivity contribution in [2.24, 2.45) is 5.92 Å². The van der Waals surface area contributed by atoms with Gasteiger partial charge in [0.25, 0.3) is 5.91 Å². The van der Waals surface area contributed by atoms with E-state index in [0.717, 1.165) is 30.3 Å². The summed E-state index contributed by atoms with van der Waals surface area (Å²) < 4.78 is 0. The number of carbonyl (C=O) groups is 1. The van der Waals surface area contributed by atoms with E-state index < -0.39 is 0 Å². The second kappa shape index (κ2) is 5.27. The highest BCUT2D eigenvalue weighted by molar-refractivity contribution is 6.04. The summed E-state index contributed by atoms with van der Waals surface area (Å²) in [5.74, 6) is 0.688. The summed E-state index contributed by atoms with van der Waals surface area (Å²) in [5, 5.41) is 8.11. The van der Waals surface area contributed by atoms with E-state index >= 15 is 0 Å². The highest BCUT2D eigenvalue weighted by Gasteiger charge is 2.30. The lowest BCUT2D eigenvalue weighted by atomic mass is 9.91. The molecular formula is C16H21N3O. The van der Waals surface area contributed by atoms with Crippen molar-refractivity contribution in [3.63, 3.8) is 0 Å². The SMILES string of the molecule is CC[C@@H]1CC[C@H](C)N(C(=O)c2n[nH]c3ccccc23)C1. The number of amides is 1. The van der Waals surface area contributed by atoms with Gasteiger partial charge in [0.1, 0.15) is 0 Å². The van der Waals surface area contributed by atoms with E-state index in [9.17, 15) is 4.79 Å². The maximum atomic E-state index is 12.8. The van der Waals surface area contributed by atoms with Crippen LogP contribution in [0.15, 0.2) is 24.3 Å². The van der Waals surface area contributed by atoms with E-state index in [1.54, 1.807) is 0 Å². The Hall–Kier alpha value is -1.84. The van der Waals surface area contributed by atoms with Crippen molar-refractivity contribution in [1.82, 2.24) is 15.1 Å². The van der Waals surface area contributed by atoms with Gasteiger partial charge in [-0.1, -0.05) is 31.5 Å². The second-order valence-corrected chi connectivity index (χ2v) is 5.78. The predicted molar refractivity (Wildman–Crippen MR) is 79.6 cm³/mol. The van der Waals surface area contributed by atoms with Crippen LogP contribution in [0.2, 0.25) is 0 Å². The highest BCUT2D eigenvalue weighted by atomic mass is 16.2. The molecule has 0 radical (unpaired) electrons. The molecule has 2 aromatic rings. The van der Waals surface area contributed by atoms with Crippen molar-refractivity contribution in [2.45, 2.75) is 39.2 Å². The molecule has 4 heteroatoms. The molecule has 1 amide bonds. The predicted octanol–water partition coefficient (Wildman–Crippen LogP) is 3.21. The van der Waals surface area contributed by atoms with Crippen LogP contribution >= 0.6 is 0 Å². The number of likely N-dealkylation sites (tertiary alicyclic amines) is 1. The van der Waals surface area contributed by atoms with Crippen molar-refractivity contribution in [1.29, 1.82) is 0 Å². The number of nitrogens with zero attached hydrogens (tertiary/aromatic N) is 2. The normalized spacial score (nSPS) is 23.2. The average molecular weight is 271 g/mol. The molecule has 1 aliphatic rings. The van der Waals surface area contributed by atoms with E-state index in [-0.39, 0.29) is 5.91 Å². The summed E-state index contributed by atoms with van der Waals surface area (Å²) in [6.07, 6.45) is 3.45. The molecule has 2 atom stereocenters. The van der Waals surface area contributed by atoms with Crippen LogP contribution in [0.5, 0.6) is 0 Å². The molecule has 2 heterocycles. The quantitative estimate of drug-likeness (QED) is 0.911. The summed E-state index contributed by atoms with van der Waals surface area (Å²) in [4.78, 5) is 14.8. The summed E-state index contributed by atoms with van der Waals surface area (Å²) in [6, 6.07) is 8.11. The summed E-state index contributed by atoms with van der Waals surface area (Å²) in [5.41, 5.74) is 1.48. The van der Waals surface area contributed by atoms with Crippen molar-refractivity contribution in [3.8, 4) is 0 Å². The zero-order valence-corrected chi connectivity index (χ0v) is 12.1. The van der Waals surface area contributed by atoms with Crippen molar-refractivity contribution in [2.75, 3.05) is 6.54 Å².